The highest BCUT2D eigenvalue weighted by molar-refractivity contribution is 8.18. The zero-order chi connectivity index (χ0) is 25.1. The predicted octanol–water partition coefficient (Wildman–Crippen LogP) is 4.56. The number of piperazine rings is 1. The third kappa shape index (κ3) is 5.32. The highest BCUT2D eigenvalue weighted by Gasteiger charge is 2.29. The summed E-state index contributed by atoms with van der Waals surface area (Å²) >= 11 is 1.31. The van der Waals surface area contributed by atoms with Crippen LogP contribution in [0.5, 0.6) is 5.75 Å². The lowest BCUT2D eigenvalue weighted by atomic mass is 10.2. The molecule has 3 aromatic carbocycles. The van der Waals surface area contributed by atoms with E-state index in [1.807, 2.05) is 0 Å². The topological polar surface area (TPSA) is 79.3 Å². The number of hydrogen-bond acceptors (Lipinski definition) is 7. The first kappa shape index (κ1) is 24.1. The van der Waals surface area contributed by atoms with Gasteiger partial charge in [0, 0.05) is 37.4 Å². The van der Waals surface area contributed by atoms with Gasteiger partial charge in [0.05, 0.1) is 4.91 Å². The van der Waals surface area contributed by atoms with Gasteiger partial charge in [0.1, 0.15) is 10.6 Å². The minimum atomic E-state index is -4.00. The standard InChI is InChI=1S/C27H25N3O4S2/c1-20-8-7-10-22(18-20)29-14-16-30(17-15-29)27-28-26(31)25(35-27)19-21-9-5-6-13-24(21)34-36(32,33)23-11-3-2-4-12-23/h2-13,18-19H,14-17H2,1H3/b25-19+. The summed E-state index contributed by atoms with van der Waals surface area (Å²) in [6.45, 7) is 5.28. The average molecular weight is 520 g/mol. The monoisotopic (exact) mass is 519 g/mol. The van der Waals surface area contributed by atoms with Gasteiger partial charge in [-0.25, -0.2) is 0 Å². The van der Waals surface area contributed by atoms with Gasteiger partial charge in [-0.3, -0.25) is 4.79 Å². The van der Waals surface area contributed by atoms with Gasteiger partial charge in [-0.05, 0) is 60.7 Å². The second kappa shape index (κ2) is 10.2. The van der Waals surface area contributed by atoms with Crippen molar-refractivity contribution < 1.29 is 17.4 Å². The molecule has 1 amide bonds. The molecule has 0 unspecified atom stereocenters. The number of carbonyl (C=O) groups is 1. The van der Waals surface area contributed by atoms with Crippen LogP contribution < -0.4 is 9.08 Å². The Balaban J connectivity index is 1.28. The number of benzene rings is 3. The van der Waals surface area contributed by atoms with Crippen molar-refractivity contribution in [3.63, 3.8) is 0 Å². The fraction of sp³-hybridized carbons (Fsp3) is 0.185. The normalized spacial score (nSPS) is 17.4. The maximum atomic E-state index is 12.7. The Morgan fingerprint density at radius 1 is 0.889 bits per heavy atom. The summed E-state index contributed by atoms with van der Waals surface area (Å²) in [7, 11) is -4.00. The molecule has 3 aromatic rings. The molecule has 36 heavy (non-hydrogen) atoms. The third-order valence-electron chi connectivity index (χ3n) is 5.96. The minimum absolute atomic E-state index is 0.0641. The van der Waals surface area contributed by atoms with Crippen molar-refractivity contribution in [3.8, 4) is 5.75 Å². The van der Waals surface area contributed by atoms with Crippen LogP contribution in [0.2, 0.25) is 0 Å². The summed E-state index contributed by atoms with van der Waals surface area (Å²) in [5, 5.41) is 0.672. The summed E-state index contributed by atoms with van der Waals surface area (Å²) in [6, 6.07) is 23.2. The van der Waals surface area contributed by atoms with Crippen LogP contribution in [-0.2, 0) is 14.9 Å². The molecule has 2 heterocycles. The summed E-state index contributed by atoms with van der Waals surface area (Å²) < 4.78 is 30.9. The molecule has 0 aliphatic carbocycles. The van der Waals surface area contributed by atoms with E-state index in [1.54, 1.807) is 48.5 Å². The molecule has 1 fully saturated rings. The van der Waals surface area contributed by atoms with Gasteiger partial charge in [-0.2, -0.15) is 13.4 Å². The van der Waals surface area contributed by atoms with Gasteiger partial charge >= 0.3 is 10.1 Å². The summed E-state index contributed by atoms with van der Waals surface area (Å²) in [5.41, 5.74) is 2.93. The van der Waals surface area contributed by atoms with Crippen molar-refractivity contribution in [1.29, 1.82) is 0 Å². The zero-order valence-corrected chi connectivity index (χ0v) is 21.3. The number of rotatable bonds is 5. The number of hydrogen-bond donors (Lipinski definition) is 0. The van der Waals surface area contributed by atoms with Crippen LogP contribution in [-0.4, -0.2) is 50.6 Å². The molecule has 0 saturated carbocycles. The van der Waals surface area contributed by atoms with E-state index in [0.29, 0.717) is 15.6 Å². The van der Waals surface area contributed by atoms with E-state index in [-0.39, 0.29) is 16.6 Å². The van der Waals surface area contributed by atoms with E-state index in [4.69, 9.17) is 4.18 Å². The maximum Gasteiger partial charge on any atom is 0.339 e. The smallest absolute Gasteiger partial charge is 0.339 e. The molecular formula is C27H25N3O4S2. The highest BCUT2D eigenvalue weighted by atomic mass is 32.2. The van der Waals surface area contributed by atoms with Gasteiger partial charge < -0.3 is 14.0 Å². The molecule has 0 radical (unpaired) electrons. The van der Waals surface area contributed by atoms with E-state index in [2.05, 4.69) is 46.0 Å². The summed E-state index contributed by atoms with van der Waals surface area (Å²) in [6.07, 6.45) is 1.64. The number of carbonyl (C=O) groups excluding carboxylic acids is 1. The van der Waals surface area contributed by atoms with Crippen LogP contribution in [0, 0.1) is 6.92 Å². The lowest BCUT2D eigenvalue weighted by Gasteiger charge is -2.36. The first-order valence-corrected chi connectivity index (χ1v) is 13.8. The molecule has 0 N–H and O–H groups in total. The Morgan fingerprint density at radius 2 is 1.58 bits per heavy atom. The highest BCUT2D eigenvalue weighted by Crippen LogP contribution is 2.33. The lowest BCUT2D eigenvalue weighted by molar-refractivity contribution is -0.113. The van der Waals surface area contributed by atoms with E-state index < -0.39 is 10.1 Å². The van der Waals surface area contributed by atoms with Crippen molar-refractivity contribution in [2.75, 3.05) is 31.1 Å². The molecule has 0 aromatic heterocycles. The van der Waals surface area contributed by atoms with Crippen molar-refractivity contribution in [2.24, 2.45) is 4.99 Å². The predicted molar refractivity (Wildman–Crippen MR) is 144 cm³/mol. The Morgan fingerprint density at radius 3 is 2.33 bits per heavy atom. The SMILES string of the molecule is Cc1cccc(N2CCN(C3=NC(=O)/C(=C\c4ccccc4OS(=O)(=O)c4ccccc4)S3)CC2)c1. The number of anilines is 1. The van der Waals surface area contributed by atoms with E-state index in [0.717, 1.165) is 26.2 Å². The number of nitrogens with zero attached hydrogens (tertiary/aromatic N) is 3. The number of aliphatic imine (C=N–C) groups is 1. The van der Waals surface area contributed by atoms with Gasteiger partial charge in [0.15, 0.2) is 5.17 Å². The van der Waals surface area contributed by atoms with Crippen LogP contribution in [0.25, 0.3) is 6.08 Å². The molecule has 2 aliphatic heterocycles. The maximum absolute atomic E-state index is 12.7. The average Bonchev–Trinajstić information content (AvgIpc) is 3.25. The fourth-order valence-electron chi connectivity index (χ4n) is 4.08. The quantitative estimate of drug-likeness (QED) is 0.361. The fourth-order valence-corrected chi connectivity index (χ4v) is 6.01. The zero-order valence-electron chi connectivity index (χ0n) is 19.7. The van der Waals surface area contributed by atoms with Crippen LogP contribution in [0.1, 0.15) is 11.1 Å². The van der Waals surface area contributed by atoms with Crippen LogP contribution in [0.15, 0.2) is 93.7 Å². The number of amidine groups is 1. The second-order valence-electron chi connectivity index (χ2n) is 8.51. The van der Waals surface area contributed by atoms with E-state index in [9.17, 15) is 13.2 Å². The molecule has 0 atom stereocenters. The number of aryl methyl sites for hydroxylation is 1. The number of para-hydroxylation sites is 1. The molecule has 2 aliphatic rings. The molecule has 1 saturated heterocycles. The van der Waals surface area contributed by atoms with Crippen LogP contribution in [0.3, 0.4) is 0 Å². The van der Waals surface area contributed by atoms with E-state index >= 15 is 0 Å². The summed E-state index contributed by atoms with van der Waals surface area (Å²) in [5.74, 6) is -0.181. The molecule has 0 bridgehead atoms. The minimum Gasteiger partial charge on any atom is -0.378 e. The van der Waals surface area contributed by atoms with E-state index in [1.165, 1.54) is 35.1 Å². The van der Waals surface area contributed by atoms with Crippen LogP contribution >= 0.6 is 11.8 Å². The van der Waals surface area contributed by atoms with Gasteiger partial charge in [-0.1, -0.05) is 48.5 Å². The first-order chi connectivity index (χ1) is 17.4. The second-order valence-corrected chi connectivity index (χ2v) is 11.1. The largest absolute Gasteiger partial charge is 0.378 e. The van der Waals surface area contributed by atoms with Gasteiger partial charge in [-0.15, -0.1) is 0 Å². The number of thioether (sulfide) groups is 1. The molecule has 7 nitrogen and oxygen atoms in total. The summed E-state index contributed by atoms with van der Waals surface area (Å²) in [4.78, 5) is 21.9. The Kier molecular flexibility index (Phi) is 6.84. The molecule has 5 rings (SSSR count). The van der Waals surface area contributed by atoms with Crippen molar-refractivity contribution in [3.05, 3.63) is 94.9 Å². The molecule has 0 spiro atoms. The van der Waals surface area contributed by atoms with Crippen LogP contribution in [0.4, 0.5) is 5.69 Å². The van der Waals surface area contributed by atoms with Gasteiger partial charge in [0.2, 0.25) is 0 Å². The Labute approximate surface area is 215 Å². The van der Waals surface area contributed by atoms with Gasteiger partial charge in [0.25, 0.3) is 5.91 Å². The molecule has 184 valence electrons. The number of amides is 1. The third-order valence-corrected chi connectivity index (χ3v) is 8.26. The van der Waals surface area contributed by atoms with Crippen molar-refractivity contribution >= 4 is 44.7 Å². The molecular weight excluding hydrogens is 494 g/mol. The van der Waals surface area contributed by atoms with Crippen molar-refractivity contribution in [2.45, 2.75) is 11.8 Å². The first-order valence-electron chi connectivity index (χ1n) is 11.6. The Bertz CT molecular complexity index is 1440. The molecule has 9 heteroatoms. The Hall–Kier alpha value is -3.56. The lowest BCUT2D eigenvalue weighted by Crippen LogP contribution is -2.47. The van der Waals surface area contributed by atoms with Crippen molar-refractivity contribution in [1.82, 2.24) is 4.90 Å².